The van der Waals surface area contributed by atoms with Crippen LogP contribution in [0.25, 0.3) is 5.52 Å². The molecule has 1 saturated heterocycles. The van der Waals surface area contributed by atoms with Crippen molar-refractivity contribution in [2.75, 3.05) is 37.9 Å². The van der Waals surface area contributed by atoms with Gasteiger partial charge in [-0.15, -0.1) is 0 Å². The minimum absolute atomic E-state index is 0.0556. The van der Waals surface area contributed by atoms with Crippen LogP contribution in [0.15, 0.2) is 30.7 Å². The van der Waals surface area contributed by atoms with Gasteiger partial charge >= 0.3 is 6.09 Å². The van der Waals surface area contributed by atoms with Crippen LogP contribution in [0.4, 0.5) is 22.0 Å². The molecule has 198 valence electrons. The molecule has 3 heterocycles. The second kappa shape index (κ2) is 11.6. The number of anilines is 3. The maximum atomic E-state index is 12.6. The molecule has 1 aliphatic rings. The lowest BCUT2D eigenvalue weighted by molar-refractivity contribution is 0.0537. The van der Waals surface area contributed by atoms with Crippen molar-refractivity contribution in [3.05, 3.63) is 47.4 Å². The molecular weight excluding hydrogens is 474 g/mol. The first kappa shape index (κ1) is 26.4. The number of nitrogens with one attached hydrogen (secondary N) is 3. The number of ether oxygens (including phenoxy) is 1. The van der Waals surface area contributed by atoms with Gasteiger partial charge in [-0.3, -0.25) is 14.9 Å². The lowest BCUT2D eigenvalue weighted by atomic mass is 10.0. The molecule has 37 heavy (non-hydrogen) atoms. The Kier molecular flexibility index (Phi) is 8.24. The molecule has 0 spiro atoms. The highest BCUT2D eigenvalue weighted by molar-refractivity contribution is 5.96. The average molecular weight is 510 g/mol. The second-order valence-corrected chi connectivity index (χ2v) is 9.63. The number of amides is 2. The van der Waals surface area contributed by atoms with E-state index >= 15 is 0 Å². The van der Waals surface area contributed by atoms with Crippen molar-refractivity contribution < 1.29 is 19.2 Å². The zero-order valence-corrected chi connectivity index (χ0v) is 22.0. The van der Waals surface area contributed by atoms with Crippen molar-refractivity contribution in [2.45, 2.75) is 52.0 Å². The third-order valence-electron chi connectivity index (χ3n) is 6.72. The molecule has 2 amide bonds. The van der Waals surface area contributed by atoms with Crippen molar-refractivity contribution in [3.8, 4) is 0 Å². The molecule has 11 nitrogen and oxygen atoms in total. The fourth-order valence-corrected chi connectivity index (χ4v) is 4.82. The molecule has 1 fully saturated rings. The maximum Gasteiger partial charge on any atom is 0.411 e. The van der Waals surface area contributed by atoms with E-state index in [2.05, 4.69) is 38.1 Å². The van der Waals surface area contributed by atoms with E-state index < -0.39 is 6.09 Å². The van der Waals surface area contributed by atoms with Crippen LogP contribution in [0, 0.1) is 6.92 Å². The van der Waals surface area contributed by atoms with Gasteiger partial charge in [-0.1, -0.05) is 19.9 Å². The molecule has 1 unspecified atom stereocenters. The predicted octanol–water partition coefficient (Wildman–Crippen LogP) is 4.23. The molecule has 0 radical (unpaired) electrons. The van der Waals surface area contributed by atoms with Gasteiger partial charge in [0.1, 0.15) is 11.8 Å². The number of carbonyl (C=O) groups is 2. The summed E-state index contributed by atoms with van der Waals surface area (Å²) in [5, 5.41) is 10.5. The highest BCUT2D eigenvalue weighted by Crippen LogP contribution is 2.34. The van der Waals surface area contributed by atoms with Gasteiger partial charge in [-0.25, -0.2) is 19.8 Å². The minimum atomic E-state index is -0.492. The van der Waals surface area contributed by atoms with E-state index in [0.29, 0.717) is 35.4 Å². The Bertz CT molecular complexity index is 1270. The summed E-state index contributed by atoms with van der Waals surface area (Å²) >= 11 is 0. The lowest BCUT2D eigenvalue weighted by Gasteiger charge is -2.19. The van der Waals surface area contributed by atoms with E-state index in [9.17, 15) is 9.59 Å². The fourth-order valence-electron chi connectivity index (χ4n) is 4.82. The van der Waals surface area contributed by atoms with Crippen LogP contribution >= 0.6 is 0 Å². The minimum Gasteiger partial charge on any atom is -0.449 e. The summed E-state index contributed by atoms with van der Waals surface area (Å²) in [5.74, 6) is 0.262. The van der Waals surface area contributed by atoms with Crippen molar-refractivity contribution >= 4 is 34.7 Å². The van der Waals surface area contributed by atoms with E-state index in [1.807, 2.05) is 32.9 Å². The first-order valence-electron chi connectivity index (χ1n) is 12.5. The van der Waals surface area contributed by atoms with Crippen molar-refractivity contribution in [1.29, 1.82) is 0 Å². The molecular formula is C26H35N7O4. The van der Waals surface area contributed by atoms with Gasteiger partial charge in [0, 0.05) is 22.9 Å². The molecule has 1 aromatic carbocycles. The lowest BCUT2D eigenvalue weighted by Crippen LogP contribution is -2.27. The first-order valence-corrected chi connectivity index (χ1v) is 12.5. The quantitative estimate of drug-likeness (QED) is 0.367. The van der Waals surface area contributed by atoms with Gasteiger partial charge in [-0.05, 0) is 63.4 Å². The Hall–Kier alpha value is -3.70. The van der Waals surface area contributed by atoms with Crippen LogP contribution in [0.3, 0.4) is 0 Å². The third kappa shape index (κ3) is 6.00. The van der Waals surface area contributed by atoms with E-state index in [-0.39, 0.29) is 11.8 Å². The van der Waals surface area contributed by atoms with E-state index in [1.54, 1.807) is 16.8 Å². The van der Waals surface area contributed by atoms with Crippen LogP contribution in [0.5, 0.6) is 0 Å². The smallest absolute Gasteiger partial charge is 0.411 e. The number of benzene rings is 1. The van der Waals surface area contributed by atoms with E-state index in [1.165, 1.54) is 19.9 Å². The van der Waals surface area contributed by atoms with Gasteiger partial charge in [0.15, 0.2) is 5.82 Å². The summed E-state index contributed by atoms with van der Waals surface area (Å²) in [4.78, 5) is 36.5. The summed E-state index contributed by atoms with van der Waals surface area (Å²) in [6.45, 7) is 7.39. The standard InChI is InChI=1S/C26H35N7O4/c1-16(2)22-21(30-26(35)37-12-10-19-7-6-11-32(19)4)14-33-23(22)24(27-15-28-33)29-18-9-8-17(3)20(13-18)25(34)31-36-5/h8-9,13-16,19H,6-7,10-12H2,1-5H3,(H,30,35)(H,31,34)(H,27,28,29). The van der Waals surface area contributed by atoms with Crippen LogP contribution in [0.2, 0.25) is 0 Å². The molecule has 4 rings (SSSR count). The van der Waals surface area contributed by atoms with Crippen LogP contribution in [0.1, 0.15) is 60.5 Å². The zero-order valence-electron chi connectivity index (χ0n) is 22.0. The Morgan fingerprint density at radius 2 is 2.08 bits per heavy atom. The summed E-state index contributed by atoms with van der Waals surface area (Å²) in [6, 6.07) is 5.91. The predicted molar refractivity (Wildman–Crippen MR) is 141 cm³/mol. The molecule has 0 saturated carbocycles. The number of rotatable bonds is 9. The number of hydrogen-bond donors (Lipinski definition) is 3. The van der Waals surface area contributed by atoms with E-state index in [4.69, 9.17) is 9.57 Å². The average Bonchev–Trinajstić information content (AvgIpc) is 3.43. The number of likely N-dealkylation sites (tertiary alicyclic amines) is 1. The third-order valence-corrected chi connectivity index (χ3v) is 6.72. The zero-order chi connectivity index (χ0) is 26.5. The Morgan fingerprint density at radius 3 is 2.78 bits per heavy atom. The maximum absolute atomic E-state index is 12.6. The highest BCUT2D eigenvalue weighted by Gasteiger charge is 2.23. The monoisotopic (exact) mass is 509 g/mol. The molecule has 0 aliphatic carbocycles. The van der Waals surface area contributed by atoms with Gasteiger partial charge in [0.05, 0.1) is 25.6 Å². The van der Waals surface area contributed by atoms with Crippen LogP contribution in [-0.4, -0.2) is 64.8 Å². The highest BCUT2D eigenvalue weighted by atomic mass is 16.6. The number of aromatic nitrogens is 3. The summed E-state index contributed by atoms with van der Waals surface area (Å²) in [5.41, 5.74) is 6.53. The summed E-state index contributed by atoms with van der Waals surface area (Å²) < 4.78 is 7.17. The van der Waals surface area contributed by atoms with Gasteiger partial charge in [0.25, 0.3) is 5.91 Å². The molecule has 1 aliphatic heterocycles. The van der Waals surface area contributed by atoms with E-state index in [0.717, 1.165) is 36.0 Å². The molecule has 2 aromatic heterocycles. The number of aryl methyl sites for hydroxylation is 1. The van der Waals surface area contributed by atoms with Gasteiger partial charge in [-0.2, -0.15) is 5.10 Å². The normalized spacial score (nSPS) is 15.8. The Balaban J connectivity index is 1.55. The fraction of sp³-hybridized carbons (Fsp3) is 0.462. The van der Waals surface area contributed by atoms with Crippen LogP contribution < -0.4 is 16.1 Å². The topological polar surface area (TPSA) is 122 Å². The number of hydroxylamine groups is 1. The van der Waals surface area contributed by atoms with Crippen molar-refractivity contribution in [1.82, 2.24) is 25.0 Å². The largest absolute Gasteiger partial charge is 0.449 e. The number of hydrogen-bond acceptors (Lipinski definition) is 8. The summed E-state index contributed by atoms with van der Waals surface area (Å²) in [7, 11) is 3.50. The molecule has 3 aromatic rings. The molecule has 3 N–H and O–H groups in total. The SMILES string of the molecule is CONC(=O)c1cc(Nc2ncnn3cc(NC(=O)OCCC4CCCN4C)c(C(C)C)c23)ccc1C. The molecule has 11 heteroatoms. The number of carbonyl (C=O) groups excluding carboxylic acids is 2. The van der Waals surface area contributed by atoms with Gasteiger partial charge in [0.2, 0.25) is 0 Å². The number of nitrogens with zero attached hydrogens (tertiary/aromatic N) is 4. The Labute approximate surface area is 216 Å². The van der Waals surface area contributed by atoms with Crippen LogP contribution in [-0.2, 0) is 9.57 Å². The first-order chi connectivity index (χ1) is 17.8. The summed E-state index contributed by atoms with van der Waals surface area (Å²) in [6.07, 6.45) is 5.84. The number of fused-ring (bicyclic) bond motifs is 1. The van der Waals surface area contributed by atoms with Gasteiger partial charge < -0.3 is 15.0 Å². The van der Waals surface area contributed by atoms with Crippen molar-refractivity contribution in [2.24, 2.45) is 0 Å². The Morgan fingerprint density at radius 1 is 1.27 bits per heavy atom. The molecule has 1 atom stereocenters. The second-order valence-electron chi connectivity index (χ2n) is 9.63. The van der Waals surface area contributed by atoms with Crippen molar-refractivity contribution in [3.63, 3.8) is 0 Å². The molecule has 0 bridgehead atoms.